The molecule has 0 aromatic heterocycles. The van der Waals surface area contributed by atoms with Gasteiger partial charge in [0.15, 0.2) is 13.1 Å². The van der Waals surface area contributed by atoms with Crippen molar-refractivity contribution in [3.63, 3.8) is 0 Å². The molecule has 0 spiro atoms. The summed E-state index contributed by atoms with van der Waals surface area (Å²) in [6.45, 7) is 5.95. The van der Waals surface area contributed by atoms with E-state index in [4.69, 9.17) is 0 Å². The average molecular weight is 412 g/mol. The molecule has 0 radical (unpaired) electrons. The number of aryl methyl sites for hydroxylation is 1. The Hall–Kier alpha value is -2.86. The molecule has 2 N–H and O–H groups in total. The number of carbonyl (C=O) groups excluding carboxylic acids is 2. The monoisotopic (exact) mass is 411 g/mol. The highest BCUT2D eigenvalue weighted by Crippen LogP contribution is 2.13. The summed E-state index contributed by atoms with van der Waals surface area (Å²) in [5.74, 6) is -0.0266. The topological polar surface area (TPSA) is 57.1 Å². The number of hydrogen-bond acceptors (Lipinski definition) is 3. The molecule has 2 aromatic carbocycles. The van der Waals surface area contributed by atoms with Crippen molar-refractivity contribution in [1.82, 2.24) is 4.90 Å². The molecule has 0 saturated carbocycles. The van der Waals surface area contributed by atoms with Crippen LogP contribution >= 0.6 is 0 Å². The number of anilines is 2. The zero-order valence-corrected chi connectivity index (χ0v) is 18.9. The van der Waals surface area contributed by atoms with Gasteiger partial charge >= 0.3 is 0 Å². The van der Waals surface area contributed by atoms with Crippen LogP contribution in [0.3, 0.4) is 0 Å². The third-order valence-electron chi connectivity index (χ3n) is 5.13. The van der Waals surface area contributed by atoms with E-state index in [0.717, 1.165) is 40.4 Å². The molecular formula is C24H35N4O2+. The highest BCUT2D eigenvalue weighted by molar-refractivity contribution is 5.92. The number of carbonyl (C=O) groups is 2. The molecular weight excluding hydrogens is 376 g/mol. The Morgan fingerprint density at radius 3 is 2.23 bits per heavy atom. The van der Waals surface area contributed by atoms with E-state index in [1.54, 1.807) is 4.90 Å². The number of quaternary nitrogens is 1. The van der Waals surface area contributed by atoms with E-state index in [0.29, 0.717) is 13.1 Å². The van der Waals surface area contributed by atoms with Crippen LogP contribution in [0.1, 0.15) is 24.5 Å². The van der Waals surface area contributed by atoms with Gasteiger partial charge in [-0.2, -0.15) is 0 Å². The number of likely N-dealkylation sites (N-methyl/N-ethyl adjacent to an activating group) is 1. The van der Waals surface area contributed by atoms with Gasteiger partial charge in [-0.1, -0.05) is 37.3 Å². The molecule has 0 aliphatic carbocycles. The smallest absolute Gasteiger partial charge is 0.279 e. The van der Waals surface area contributed by atoms with Crippen LogP contribution < -0.4 is 15.1 Å². The first-order chi connectivity index (χ1) is 14.3. The molecule has 6 nitrogen and oxygen atoms in total. The molecule has 6 heteroatoms. The van der Waals surface area contributed by atoms with Gasteiger partial charge < -0.3 is 20.0 Å². The van der Waals surface area contributed by atoms with Gasteiger partial charge in [0.2, 0.25) is 0 Å². The first-order valence-electron chi connectivity index (χ1n) is 10.5. The van der Waals surface area contributed by atoms with Crippen molar-refractivity contribution in [2.24, 2.45) is 0 Å². The highest BCUT2D eigenvalue weighted by Gasteiger charge is 2.20. The summed E-state index contributed by atoms with van der Waals surface area (Å²) < 4.78 is 0. The quantitative estimate of drug-likeness (QED) is 0.628. The minimum absolute atomic E-state index is 0.0406. The molecule has 0 heterocycles. The summed E-state index contributed by atoms with van der Waals surface area (Å²) in [7, 11) is 5.83. The summed E-state index contributed by atoms with van der Waals surface area (Å²) in [6.07, 6.45) is 0.913. The summed E-state index contributed by atoms with van der Waals surface area (Å²) >= 11 is 0. The molecule has 0 saturated heterocycles. The molecule has 0 bridgehead atoms. The lowest BCUT2D eigenvalue weighted by Crippen LogP contribution is -3.14. The first kappa shape index (κ1) is 23.4. The summed E-state index contributed by atoms with van der Waals surface area (Å²) in [5.41, 5.74) is 4.07. The van der Waals surface area contributed by atoms with E-state index in [1.807, 2.05) is 69.4 Å². The zero-order chi connectivity index (χ0) is 22.1. The standard InChI is InChI=1S/C24H34N4O2/c1-6-15-28(17-23(29)25-22-10-8-7-9-19(22)2)18-24(30)27(5)16-20-11-13-21(14-12-20)26(3)4/h7-14H,6,15-18H2,1-5H3,(H,25,29)/p+1. The molecule has 2 aromatic rings. The van der Waals surface area contributed by atoms with E-state index < -0.39 is 0 Å². The second-order valence-electron chi connectivity index (χ2n) is 8.03. The second kappa shape index (κ2) is 11.4. The van der Waals surface area contributed by atoms with Crippen LogP contribution in [0.4, 0.5) is 11.4 Å². The zero-order valence-electron chi connectivity index (χ0n) is 18.9. The van der Waals surface area contributed by atoms with Gasteiger partial charge in [-0.05, 0) is 42.7 Å². The number of rotatable bonds is 10. The van der Waals surface area contributed by atoms with Crippen LogP contribution in [0, 0.1) is 6.92 Å². The first-order valence-corrected chi connectivity index (χ1v) is 10.5. The number of nitrogens with zero attached hydrogens (tertiary/aromatic N) is 2. The van der Waals surface area contributed by atoms with Gasteiger partial charge in [-0.15, -0.1) is 0 Å². The van der Waals surface area contributed by atoms with Gasteiger partial charge in [0.05, 0.1) is 6.54 Å². The number of benzene rings is 2. The van der Waals surface area contributed by atoms with E-state index in [9.17, 15) is 9.59 Å². The number of amides is 2. The molecule has 1 unspecified atom stereocenters. The molecule has 2 amide bonds. The maximum Gasteiger partial charge on any atom is 0.279 e. The largest absolute Gasteiger partial charge is 0.378 e. The molecule has 162 valence electrons. The summed E-state index contributed by atoms with van der Waals surface area (Å²) in [4.78, 5) is 30.0. The van der Waals surface area contributed by atoms with Crippen LogP contribution in [-0.4, -0.2) is 57.5 Å². The van der Waals surface area contributed by atoms with Crippen LogP contribution in [0.5, 0.6) is 0 Å². The third-order valence-corrected chi connectivity index (χ3v) is 5.13. The van der Waals surface area contributed by atoms with Gasteiger partial charge in [-0.3, -0.25) is 9.59 Å². The van der Waals surface area contributed by atoms with Crippen LogP contribution in [0.25, 0.3) is 0 Å². The predicted octanol–water partition coefficient (Wildman–Crippen LogP) is 1.95. The maximum absolute atomic E-state index is 12.8. The Labute approximate surface area is 180 Å². The van der Waals surface area contributed by atoms with Crippen molar-refractivity contribution in [1.29, 1.82) is 0 Å². The molecule has 0 aliphatic heterocycles. The van der Waals surface area contributed by atoms with Crippen molar-refractivity contribution in [2.75, 3.05) is 51.0 Å². The van der Waals surface area contributed by atoms with Crippen molar-refractivity contribution < 1.29 is 14.5 Å². The lowest BCUT2D eigenvalue weighted by atomic mass is 10.2. The second-order valence-corrected chi connectivity index (χ2v) is 8.03. The Kier molecular flexibility index (Phi) is 8.87. The number of hydrogen-bond donors (Lipinski definition) is 2. The number of para-hydroxylation sites is 1. The van der Waals surface area contributed by atoms with E-state index in [-0.39, 0.29) is 18.4 Å². The van der Waals surface area contributed by atoms with E-state index in [1.165, 1.54) is 0 Å². The normalized spacial score (nSPS) is 11.6. The van der Waals surface area contributed by atoms with Gasteiger partial charge in [0, 0.05) is 39.1 Å². The molecule has 1 atom stereocenters. The SMILES string of the molecule is CCC[NH+](CC(=O)Nc1ccccc1C)CC(=O)N(C)Cc1ccc(N(C)C)cc1. The summed E-state index contributed by atoms with van der Waals surface area (Å²) in [5, 5.41) is 2.97. The highest BCUT2D eigenvalue weighted by atomic mass is 16.2. The molecule has 0 fully saturated rings. The minimum atomic E-state index is -0.0672. The lowest BCUT2D eigenvalue weighted by molar-refractivity contribution is -0.883. The Balaban J connectivity index is 1.91. The lowest BCUT2D eigenvalue weighted by Gasteiger charge is -2.23. The van der Waals surface area contributed by atoms with E-state index >= 15 is 0 Å². The molecule has 0 aliphatic rings. The van der Waals surface area contributed by atoms with Gasteiger partial charge in [0.25, 0.3) is 11.8 Å². The summed E-state index contributed by atoms with van der Waals surface area (Å²) in [6, 6.07) is 15.9. The average Bonchev–Trinajstić information content (AvgIpc) is 2.70. The molecule has 2 rings (SSSR count). The van der Waals surface area contributed by atoms with Gasteiger partial charge in [0.1, 0.15) is 0 Å². The fourth-order valence-electron chi connectivity index (χ4n) is 3.34. The van der Waals surface area contributed by atoms with Crippen molar-refractivity contribution in [3.8, 4) is 0 Å². The van der Waals surface area contributed by atoms with Crippen LogP contribution in [-0.2, 0) is 16.1 Å². The minimum Gasteiger partial charge on any atom is -0.378 e. The Morgan fingerprint density at radius 1 is 0.967 bits per heavy atom. The fourth-order valence-corrected chi connectivity index (χ4v) is 3.34. The number of nitrogens with one attached hydrogen (secondary N) is 2. The van der Waals surface area contributed by atoms with Crippen LogP contribution in [0.15, 0.2) is 48.5 Å². The fraction of sp³-hybridized carbons (Fsp3) is 0.417. The van der Waals surface area contributed by atoms with Crippen molar-refractivity contribution in [2.45, 2.75) is 26.8 Å². The van der Waals surface area contributed by atoms with Gasteiger partial charge in [-0.25, -0.2) is 0 Å². The van der Waals surface area contributed by atoms with Crippen molar-refractivity contribution >= 4 is 23.2 Å². The van der Waals surface area contributed by atoms with E-state index in [2.05, 4.69) is 24.4 Å². The van der Waals surface area contributed by atoms with Crippen molar-refractivity contribution in [3.05, 3.63) is 59.7 Å². The molecule has 30 heavy (non-hydrogen) atoms. The predicted molar refractivity (Wildman–Crippen MR) is 123 cm³/mol. The third kappa shape index (κ3) is 7.19. The maximum atomic E-state index is 12.8. The van der Waals surface area contributed by atoms with Crippen LogP contribution in [0.2, 0.25) is 0 Å². The Bertz CT molecular complexity index is 833. The Morgan fingerprint density at radius 2 is 1.63 bits per heavy atom.